The van der Waals surface area contributed by atoms with Gasteiger partial charge in [0, 0.05) is 11.9 Å². The quantitative estimate of drug-likeness (QED) is 0.609. The number of H-pyrrole nitrogens is 1. The van der Waals surface area contributed by atoms with Crippen LogP contribution >= 0.6 is 0 Å². The summed E-state index contributed by atoms with van der Waals surface area (Å²) in [5, 5.41) is 10.1. The molecule has 7 nitrogen and oxygen atoms in total. The summed E-state index contributed by atoms with van der Waals surface area (Å²) in [5.74, 6) is -0.945. The SMILES string of the molecule is CC(OC(=O)Cc1n[nH]c(=O)c2ccccc12)C(=O)NCCc1ccccc1. The van der Waals surface area contributed by atoms with E-state index < -0.39 is 12.1 Å². The van der Waals surface area contributed by atoms with Crippen molar-refractivity contribution in [2.45, 2.75) is 25.9 Å². The number of fused-ring (bicyclic) bond motifs is 1. The zero-order chi connectivity index (χ0) is 19.9. The molecule has 1 atom stereocenters. The molecule has 0 aliphatic rings. The van der Waals surface area contributed by atoms with Gasteiger partial charge >= 0.3 is 5.97 Å². The van der Waals surface area contributed by atoms with E-state index in [9.17, 15) is 14.4 Å². The van der Waals surface area contributed by atoms with Crippen LogP contribution in [-0.2, 0) is 27.2 Å². The van der Waals surface area contributed by atoms with Gasteiger partial charge in [-0.2, -0.15) is 5.10 Å². The van der Waals surface area contributed by atoms with Crippen molar-refractivity contribution in [2.24, 2.45) is 0 Å². The van der Waals surface area contributed by atoms with E-state index in [0.717, 1.165) is 5.56 Å². The number of esters is 1. The number of hydrogen-bond donors (Lipinski definition) is 2. The topological polar surface area (TPSA) is 101 Å². The van der Waals surface area contributed by atoms with Crippen molar-refractivity contribution in [3.05, 3.63) is 76.2 Å². The molecular weight excluding hydrogens is 358 g/mol. The molecule has 2 aromatic carbocycles. The van der Waals surface area contributed by atoms with Gasteiger partial charge < -0.3 is 10.1 Å². The van der Waals surface area contributed by atoms with Crippen LogP contribution in [0.2, 0.25) is 0 Å². The highest BCUT2D eigenvalue weighted by Gasteiger charge is 2.19. The average molecular weight is 379 g/mol. The summed E-state index contributed by atoms with van der Waals surface area (Å²) in [6.07, 6.45) is -0.364. The molecule has 0 bridgehead atoms. The number of nitrogens with one attached hydrogen (secondary N) is 2. The Morgan fingerprint density at radius 2 is 1.75 bits per heavy atom. The Labute approximate surface area is 161 Å². The maximum absolute atomic E-state index is 12.2. The Hall–Kier alpha value is -3.48. The smallest absolute Gasteiger partial charge is 0.312 e. The number of nitrogens with zero attached hydrogens (tertiary/aromatic N) is 1. The molecule has 2 N–H and O–H groups in total. The van der Waals surface area contributed by atoms with Crippen molar-refractivity contribution >= 4 is 22.6 Å². The molecule has 1 heterocycles. The summed E-state index contributed by atoms with van der Waals surface area (Å²) in [7, 11) is 0. The summed E-state index contributed by atoms with van der Waals surface area (Å²) in [5.41, 5.74) is 1.19. The number of hydrogen-bond acceptors (Lipinski definition) is 5. The second-order valence-corrected chi connectivity index (χ2v) is 6.38. The van der Waals surface area contributed by atoms with E-state index in [2.05, 4.69) is 15.5 Å². The first-order chi connectivity index (χ1) is 13.5. The van der Waals surface area contributed by atoms with Crippen LogP contribution < -0.4 is 10.9 Å². The van der Waals surface area contributed by atoms with Crippen molar-refractivity contribution in [2.75, 3.05) is 6.54 Å². The monoisotopic (exact) mass is 379 g/mol. The summed E-state index contributed by atoms with van der Waals surface area (Å²) in [6, 6.07) is 16.7. The molecule has 28 heavy (non-hydrogen) atoms. The zero-order valence-electron chi connectivity index (χ0n) is 15.5. The van der Waals surface area contributed by atoms with Crippen LogP contribution in [0.15, 0.2) is 59.4 Å². The number of ether oxygens (including phenoxy) is 1. The third-order valence-corrected chi connectivity index (χ3v) is 4.32. The van der Waals surface area contributed by atoms with Gasteiger partial charge in [-0.3, -0.25) is 14.4 Å². The maximum atomic E-state index is 12.2. The molecule has 3 rings (SSSR count). The molecule has 1 amide bonds. The summed E-state index contributed by atoms with van der Waals surface area (Å²) >= 11 is 0. The molecule has 144 valence electrons. The van der Waals surface area contributed by atoms with Gasteiger partial charge in [0.1, 0.15) is 0 Å². The lowest BCUT2D eigenvalue weighted by atomic mass is 10.1. The van der Waals surface area contributed by atoms with E-state index >= 15 is 0 Å². The highest BCUT2D eigenvalue weighted by molar-refractivity contribution is 5.88. The zero-order valence-corrected chi connectivity index (χ0v) is 15.5. The van der Waals surface area contributed by atoms with Gasteiger partial charge in [-0.15, -0.1) is 0 Å². The maximum Gasteiger partial charge on any atom is 0.312 e. The van der Waals surface area contributed by atoms with Crippen molar-refractivity contribution in [3.8, 4) is 0 Å². The van der Waals surface area contributed by atoms with E-state index in [-0.39, 0.29) is 17.9 Å². The van der Waals surface area contributed by atoms with Crippen LogP contribution in [0.25, 0.3) is 10.8 Å². The molecule has 0 radical (unpaired) electrons. The van der Waals surface area contributed by atoms with Crippen LogP contribution in [0.4, 0.5) is 0 Å². The fraction of sp³-hybridized carbons (Fsp3) is 0.238. The Kier molecular flexibility index (Phi) is 6.16. The predicted octanol–water partition coefficient (Wildman–Crippen LogP) is 1.76. The predicted molar refractivity (Wildman–Crippen MR) is 105 cm³/mol. The number of aromatic nitrogens is 2. The van der Waals surface area contributed by atoms with Crippen LogP contribution in [0.5, 0.6) is 0 Å². The Morgan fingerprint density at radius 1 is 1.07 bits per heavy atom. The normalized spacial score (nSPS) is 11.8. The molecule has 3 aromatic rings. The minimum absolute atomic E-state index is 0.140. The lowest BCUT2D eigenvalue weighted by Crippen LogP contribution is -2.37. The second-order valence-electron chi connectivity index (χ2n) is 6.38. The van der Waals surface area contributed by atoms with Crippen LogP contribution in [0.3, 0.4) is 0 Å². The van der Waals surface area contributed by atoms with E-state index in [0.29, 0.717) is 29.4 Å². The Bertz CT molecular complexity index is 1030. The number of aromatic amines is 1. The fourth-order valence-corrected chi connectivity index (χ4v) is 2.85. The summed E-state index contributed by atoms with van der Waals surface area (Å²) in [6.45, 7) is 1.98. The summed E-state index contributed by atoms with van der Waals surface area (Å²) in [4.78, 5) is 36.1. The molecule has 0 saturated carbocycles. The number of rotatable bonds is 7. The first kappa shape index (κ1) is 19.3. The van der Waals surface area contributed by atoms with Gasteiger partial charge in [0.25, 0.3) is 11.5 Å². The first-order valence-corrected chi connectivity index (χ1v) is 9.02. The standard InChI is InChI=1S/C21H21N3O4/c1-14(20(26)22-12-11-15-7-3-2-4-8-15)28-19(25)13-18-16-9-5-6-10-17(16)21(27)24-23-18/h2-10,14H,11-13H2,1H3,(H,22,26)(H,24,27). The number of carbonyl (C=O) groups excluding carboxylic acids is 2. The third-order valence-electron chi connectivity index (χ3n) is 4.32. The molecule has 7 heteroatoms. The fourth-order valence-electron chi connectivity index (χ4n) is 2.85. The average Bonchev–Trinajstić information content (AvgIpc) is 2.71. The number of benzene rings is 2. The van der Waals surface area contributed by atoms with Gasteiger partial charge in [0.05, 0.1) is 17.5 Å². The molecule has 1 aromatic heterocycles. The molecule has 0 spiro atoms. The van der Waals surface area contributed by atoms with E-state index in [1.165, 1.54) is 6.92 Å². The number of carbonyl (C=O) groups is 2. The van der Waals surface area contributed by atoms with Crippen molar-refractivity contribution in [1.29, 1.82) is 0 Å². The molecule has 0 fully saturated rings. The molecule has 0 aliphatic carbocycles. The van der Waals surface area contributed by atoms with Crippen molar-refractivity contribution < 1.29 is 14.3 Å². The van der Waals surface area contributed by atoms with Crippen molar-refractivity contribution in [3.63, 3.8) is 0 Å². The minimum atomic E-state index is -0.919. The van der Waals surface area contributed by atoms with Crippen LogP contribution in [0, 0.1) is 0 Å². The van der Waals surface area contributed by atoms with Crippen molar-refractivity contribution in [1.82, 2.24) is 15.5 Å². The van der Waals surface area contributed by atoms with E-state index in [4.69, 9.17) is 4.74 Å². The Balaban J connectivity index is 1.54. The molecule has 0 aliphatic heterocycles. The van der Waals surface area contributed by atoms with Crippen LogP contribution in [0.1, 0.15) is 18.2 Å². The minimum Gasteiger partial charge on any atom is -0.452 e. The molecular formula is C21H21N3O4. The first-order valence-electron chi connectivity index (χ1n) is 9.02. The van der Waals surface area contributed by atoms with Crippen LogP contribution in [-0.4, -0.2) is 34.7 Å². The van der Waals surface area contributed by atoms with Gasteiger partial charge in [0.2, 0.25) is 0 Å². The van der Waals surface area contributed by atoms with Gasteiger partial charge in [-0.25, -0.2) is 5.10 Å². The lowest BCUT2D eigenvalue weighted by Gasteiger charge is -2.13. The lowest BCUT2D eigenvalue weighted by molar-refractivity contribution is -0.154. The van der Waals surface area contributed by atoms with Gasteiger partial charge in [0.15, 0.2) is 6.10 Å². The highest BCUT2D eigenvalue weighted by Crippen LogP contribution is 2.13. The van der Waals surface area contributed by atoms with Gasteiger partial charge in [-0.05, 0) is 25.0 Å². The van der Waals surface area contributed by atoms with E-state index in [1.54, 1.807) is 24.3 Å². The highest BCUT2D eigenvalue weighted by atomic mass is 16.5. The Morgan fingerprint density at radius 3 is 2.50 bits per heavy atom. The largest absolute Gasteiger partial charge is 0.452 e. The third kappa shape index (κ3) is 4.82. The number of amides is 1. The van der Waals surface area contributed by atoms with E-state index in [1.807, 2.05) is 30.3 Å². The second kappa shape index (κ2) is 8.94. The summed E-state index contributed by atoms with van der Waals surface area (Å²) < 4.78 is 5.22. The van der Waals surface area contributed by atoms with Gasteiger partial charge in [-0.1, -0.05) is 48.5 Å². The molecule has 0 saturated heterocycles. The molecule has 1 unspecified atom stereocenters.